The van der Waals surface area contributed by atoms with E-state index in [1.54, 1.807) is 18.0 Å². The first-order valence-corrected chi connectivity index (χ1v) is 9.95. The summed E-state index contributed by atoms with van der Waals surface area (Å²) < 4.78 is 5.62. The highest BCUT2D eigenvalue weighted by Crippen LogP contribution is 2.17. The van der Waals surface area contributed by atoms with Crippen LogP contribution in [0.5, 0.6) is 5.75 Å². The minimum atomic E-state index is -0.165. The first-order valence-electron chi connectivity index (χ1n) is 8.90. The number of hydrogen-bond donors (Lipinski definition) is 1. The van der Waals surface area contributed by atoms with Crippen LogP contribution in [0, 0.1) is 0 Å². The molecule has 1 amide bonds. The molecular weight excluding hydrogens is 344 g/mol. The number of thioether (sulfide) groups is 1. The van der Waals surface area contributed by atoms with Crippen molar-refractivity contribution in [1.82, 2.24) is 5.43 Å². The van der Waals surface area contributed by atoms with E-state index in [1.807, 2.05) is 49.4 Å². The molecule has 138 valence electrons. The summed E-state index contributed by atoms with van der Waals surface area (Å²) in [5.41, 5.74) is 4.73. The van der Waals surface area contributed by atoms with Crippen LogP contribution in [0.3, 0.4) is 0 Å². The standard InChI is InChI=1S/C21H26N2O2S/c1-3-4-14-25-20-12-10-18(11-13-20)15-22-23-21(24)17(2)26-16-19-8-6-5-7-9-19/h5-13,15,17H,3-4,14,16H2,1-2H3,(H,23,24). The molecule has 0 spiro atoms. The summed E-state index contributed by atoms with van der Waals surface area (Å²) in [5.74, 6) is 1.56. The molecule has 2 rings (SSSR count). The van der Waals surface area contributed by atoms with Gasteiger partial charge in [0.15, 0.2) is 0 Å². The van der Waals surface area contributed by atoms with E-state index >= 15 is 0 Å². The molecule has 26 heavy (non-hydrogen) atoms. The Bertz CT molecular complexity index is 687. The van der Waals surface area contributed by atoms with E-state index < -0.39 is 0 Å². The third kappa shape index (κ3) is 7.31. The van der Waals surface area contributed by atoms with Crippen molar-refractivity contribution in [3.63, 3.8) is 0 Å². The van der Waals surface area contributed by atoms with E-state index in [-0.39, 0.29) is 11.2 Å². The Morgan fingerprint density at radius 3 is 2.62 bits per heavy atom. The van der Waals surface area contributed by atoms with E-state index in [4.69, 9.17) is 4.74 Å². The summed E-state index contributed by atoms with van der Waals surface area (Å²) in [5, 5.41) is 3.88. The topological polar surface area (TPSA) is 50.7 Å². The number of carbonyl (C=O) groups is 1. The molecule has 0 aliphatic rings. The van der Waals surface area contributed by atoms with E-state index in [1.165, 1.54) is 5.56 Å². The van der Waals surface area contributed by atoms with Crippen molar-refractivity contribution in [1.29, 1.82) is 0 Å². The van der Waals surface area contributed by atoms with Gasteiger partial charge < -0.3 is 4.74 Å². The van der Waals surface area contributed by atoms with Gasteiger partial charge in [-0.2, -0.15) is 5.10 Å². The molecule has 0 saturated heterocycles. The minimum Gasteiger partial charge on any atom is -0.494 e. The van der Waals surface area contributed by atoms with E-state index in [0.717, 1.165) is 36.5 Å². The predicted octanol–water partition coefficient (Wildman–Crippen LogP) is 4.64. The lowest BCUT2D eigenvalue weighted by molar-refractivity contribution is -0.120. The zero-order valence-electron chi connectivity index (χ0n) is 15.4. The number of rotatable bonds is 10. The van der Waals surface area contributed by atoms with Crippen molar-refractivity contribution in [3.05, 3.63) is 65.7 Å². The van der Waals surface area contributed by atoms with Gasteiger partial charge in [-0.3, -0.25) is 4.79 Å². The van der Waals surface area contributed by atoms with Crippen molar-refractivity contribution in [2.75, 3.05) is 6.61 Å². The fraction of sp³-hybridized carbons (Fsp3) is 0.333. The molecule has 2 aromatic rings. The lowest BCUT2D eigenvalue weighted by Gasteiger charge is -2.09. The van der Waals surface area contributed by atoms with Gasteiger partial charge in [0.05, 0.1) is 18.1 Å². The SMILES string of the molecule is CCCCOc1ccc(C=NNC(=O)C(C)SCc2ccccc2)cc1. The Morgan fingerprint density at radius 1 is 1.19 bits per heavy atom. The second-order valence-electron chi connectivity index (χ2n) is 5.94. The third-order valence-electron chi connectivity index (χ3n) is 3.75. The number of nitrogens with one attached hydrogen (secondary N) is 1. The maximum absolute atomic E-state index is 12.1. The van der Waals surface area contributed by atoms with Gasteiger partial charge in [-0.25, -0.2) is 5.43 Å². The van der Waals surface area contributed by atoms with Crippen LogP contribution in [0.25, 0.3) is 0 Å². The second-order valence-corrected chi connectivity index (χ2v) is 7.27. The monoisotopic (exact) mass is 370 g/mol. The van der Waals surface area contributed by atoms with Gasteiger partial charge in [-0.15, -0.1) is 11.8 Å². The second kappa shape index (κ2) is 11.4. The molecule has 0 bridgehead atoms. The van der Waals surface area contributed by atoms with E-state index in [0.29, 0.717) is 0 Å². The highest BCUT2D eigenvalue weighted by Gasteiger charge is 2.12. The number of hydrogen-bond acceptors (Lipinski definition) is 4. The van der Waals surface area contributed by atoms with Gasteiger partial charge in [0.1, 0.15) is 5.75 Å². The predicted molar refractivity (Wildman–Crippen MR) is 110 cm³/mol. The summed E-state index contributed by atoms with van der Waals surface area (Å²) in [6.45, 7) is 4.76. The van der Waals surface area contributed by atoms with Crippen LogP contribution in [-0.4, -0.2) is 24.0 Å². The minimum absolute atomic E-state index is 0.0956. The number of nitrogens with zero attached hydrogens (tertiary/aromatic N) is 1. The van der Waals surface area contributed by atoms with Crippen LogP contribution in [0.2, 0.25) is 0 Å². The number of unbranched alkanes of at least 4 members (excludes halogenated alkanes) is 1. The molecule has 0 aromatic heterocycles. The molecule has 0 saturated carbocycles. The molecule has 4 nitrogen and oxygen atoms in total. The largest absolute Gasteiger partial charge is 0.494 e. The number of ether oxygens (including phenoxy) is 1. The maximum atomic E-state index is 12.1. The Hall–Kier alpha value is -2.27. The highest BCUT2D eigenvalue weighted by atomic mass is 32.2. The van der Waals surface area contributed by atoms with Crippen LogP contribution in [0.15, 0.2) is 59.7 Å². The fourth-order valence-corrected chi connectivity index (χ4v) is 2.96. The first-order chi connectivity index (χ1) is 12.7. The van der Waals surface area contributed by atoms with Crippen LogP contribution >= 0.6 is 11.8 Å². The van der Waals surface area contributed by atoms with Crippen molar-refractivity contribution in [2.24, 2.45) is 5.10 Å². The molecule has 2 aromatic carbocycles. The lowest BCUT2D eigenvalue weighted by atomic mass is 10.2. The molecule has 0 fully saturated rings. The van der Waals surface area contributed by atoms with Gasteiger partial charge in [0.2, 0.25) is 0 Å². The van der Waals surface area contributed by atoms with Crippen LogP contribution < -0.4 is 10.2 Å². The molecule has 1 N–H and O–H groups in total. The molecule has 0 radical (unpaired) electrons. The summed E-state index contributed by atoms with van der Waals surface area (Å²) >= 11 is 1.59. The average molecular weight is 371 g/mol. The molecular formula is C21H26N2O2S. The number of amides is 1. The smallest absolute Gasteiger partial charge is 0.252 e. The maximum Gasteiger partial charge on any atom is 0.252 e. The lowest BCUT2D eigenvalue weighted by Crippen LogP contribution is -2.26. The molecule has 0 aliphatic carbocycles. The summed E-state index contributed by atoms with van der Waals surface area (Å²) in [7, 11) is 0. The summed E-state index contributed by atoms with van der Waals surface area (Å²) in [6, 6.07) is 17.8. The molecule has 5 heteroatoms. The van der Waals surface area contributed by atoms with Crippen LogP contribution in [0.4, 0.5) is 0 Å². The quantitative estimate of drug-likeness (QED) is 0.377. The first kappa shape index (κ1) is 20.0. The van der Waals surface area contributed by atoms with Gasteiger partial charge in [-0.1, -0.05) is 43.7 Å². The van der Waals surface area contributed by atoms with Gasteiger partial charge in [-0.05, 0) is 48.7 Å². The van der Waals surface area contributed by atoms with Gasteiger partial charge in [0, 0.05) is 5.75 Å². The Balaban J connectivity index is 1.73. The Labute approximate surface area is 160 Å². The van der Waals surface area contributed by atoms with Crippen molar-refractivity contribution in [3.8, 4) is 5.75 Å². The normalized spacial score (nSPS) is 12.1. The Kier molecular flexibility index (Phi) is 8.76. The number of hydrazone groups is 1. The zero-order chi connectivity index (χ0) is 18.6. The van der Waals surface area contributed by atoms with Crippen molar-refractivity contribution < 1.29 is 9.53 Å². The number of carbonyl (C=O) groups excluding carboxylic acids is 1. The summed E-state index contributed by atoms with van der Waals surface area (Å²) in [4.78, 5) is 12.1. The molecule has 1 atom stereocenters. The number of benzene rings is 2. The zero-order valence-corrected chi connectivity index (χ0v) is 16.2. The van der Waals surface area contributed by atoms with Crippen molar-refractivity contribution >= 4 is 23.9 Å². The molecule has 0 aliphatic heterocycles. The van der Waals surface area contributed by atoms with E-state index in [2.05, 4.69) is 29.6 Å². The van der Waals surface area contributed by atoms with Crippen LogP contribution in [0.1, 0.15) is 37.8 Å². The van der Waals surface area contributed by atoms with Gasteiger partial charge in [0.25, 0.3) is 5.91 Å². The average Bonchev–Trinajstić information content (AvgIpc) is 2.68. The molecule has 0 heterocycles. The van der Waals surface area contributed by atoms with Gasteiger partial charge >= 0.3 is 0 Å². The molecule has 1 unspecified atom stereocenters. The third-order valence-corrected chi connectivity index (χ3v) is 4.96. The fourth-order valence-electron chi connectivity index (χ4n) is 2.12. The van der Waals surface area contributed by atoms with E-state index in [9.17, 15) is 4.79 Å². The van der Waals surface area contributed by atoms with Crippen LogP contribution in [-0.2, 0) is 10.5 Å². The Morgan fingerprint density at radius 2 is 1.92 bits per heavy atom. The summed E-state index contributed by atoms with van der Waals surface area (Å²) in [6.07, 6.45) is 3.81. The van der Waals surface area contributed by atoms with Crippen molar-refractivity contribution in [2.45, 2.75) is 37.7 Å². The highest BCUT2D eigenvalue weighted by molar-refractivity contribution is 7.99.